The number of hydrogen-bond acceptors (Lipinski definition) is 3. The summed E-state index contributed by atoms with van der Waals surface area (Å²) in [6.07, 6.45) is 0.578. The van der Waals surface area contributed by atoms with Gasteiger partial charge in [0.05, 0.1) is 5.56 Å². The van der Waals surface area contributed by atoms with Gasteiger partial charge in [0.1, 0.15) is 0 Å². The SMILES string of the molecule is CC(C)C(=O)NCCNC(=O)CCc1ccccc1C(=O)O. The summed E-state index contributed by atoms with van der Waals surface area (Å²) in [4.78, 5) is 34.1. The highest BCUT2D eigenvalue weighted by Crippen LogP contribution is 2.11. The van der Waals surface area contributed by atoms with Crippen molar-refractivity contribution >= 4 is 17.8 Å². The molecule has 3 N–H and O–H groups in total. The minimum atomic E-state index is -0.993. The van der Waals surface area contributed by atoms with Gasteiger partial charge in [-0.15, -0.1) is 0 Å². The molecule has 22 heavy (non-hydrogen) atoms. The fourth-order valence-corrected chi connectivity index (χ4v) is 1.88. The number of carboxylic acid groups (broad SMARTS) is 1. The van der Waals surface area contributed by atoms with Gasteiger partial charge in [0, 0.05) is 25.4 Å². The summed E-state index contributed by atoms with van der Waals surface area (Å²) in [5.74, 6) is -1.29. The first-order valence-electron chi connectivity index (χ1n) is 7.27. The molecule has 1 aromatic carbocycles. The predicted octanol–water partition coefficient (Wildman–Crippen LogP) is 1.21. The Morgan fingerprint density at radius 2 is 1.73 bits per heavy atom. The fraction of sp³-hybridized carbons (Fsp3) is 0.438. The third kappa shape index (κ3) is 5.95. The molecule has 2 amide bonds. The van der Waals surface area contributed by atoms with E-state index in [1.54, 1.807) is 32.0 Å². The summed E-state index contributed by atoms with van der Waals surface area (Å²) in [5.41, 5.74) is 0.859. The highest BCUT2D eigenvalue weighted by molar-refractivity contribution is 5.89. The quantitative estimate of drug-likeness (QED) is 0.629. The minimum absolute atomic E-state index is 0.0513. The zero-order chi connectivity index (χ0) is 16.5. The number of carbonyl (C=O) groups is 3. The number of amides is 2. The summed E-state index contributed by atoms with van der Waals surface area (Å²) in [6, 6.07) is 6.64. The minimum Gasteiger partial charge on any atom is -0.478 e. The molecule has 0 radical (unpaired) electrons. The normalized spacial score (nSPS) is 10.3. The van der Waals surface area contributed by atoms with Gasteiger partial charge in [0.2, 0.25) is 11.8 Å². The molecular weight excluding hydrogens is 284 g/mol. The number of aryl methyl sites for hydroxylation is 1. The van der Waals surface area contributed by atoms with E-state index >= 15 is 0 Å². The van der Waals surface area contributed by atoms with Crippen molar-refractivity contribution in [2.45, 2.75) is 26.7 Å². The molecule has 0 aromatic heterocycles. The third-order valence-electron chi connectivity index (χ3n) is 3.14. The zero-order valence-electron chi connectivity index (χ0n) is 12.9. The molecule has 1 rings (SSSR count). The summed E-state index contributed by atoms with van der Waals surface area (Å²) in [7, 11) is 0. The molecule has 0 fully saturated rings. The molecule has 120 valence electrons. The molecule has 0 saturated heterocycles. The number of rotatable bonds is 8. The second-order valence-corrected chi connectivity index (χ2v) is 5.26. The molecule has 0 atom stereocenters. The molecule has 0 aliphatic heterocycles. The number of hydrogen-bond donors (Lipinski definition) is 3. The van der Waals surface area contributed by atoms with E-state index in [1.165, 1.54) is 6.07 Å². The van der Waals surface area contributed by atoms with Crippen molar-refractivity contribution in [3.63, 3.8) is 0 Å². The highest BCUT2D eigenvalue weighted by atomic mass is 16.4. The van der Waals surface area contributed by atoms with Crippen LogP contribution in [0.25, 0.3) is 0 Å². The van der Waals surface area contributed by atoms with Gasteiger partial charge in [-0.3, -0.25) is 9.59 Å². The van der Waals surface area contributed by atoms with E-state index < -0.39 is 5.97 Å². The summed E-state index contributed by atoms with van der Waals surface area (Å²) < 4.78 is 0. The van der Waals surface area contributed by atoms with Crippen LogP contribution < -0.4 is 10.6 Å². The van der Waals surface area contributed by atoms with E-state index in [2.05, 4.69) is 10.6 Å². The average molecular weight is 306 g/mol. The number of carboxylic acids is 1. The van der Waals surface area contributed by atoms with Crippen LogP contribution in [-0.2, 0) is 16.0 Å². The Morgan fingerprint density at radius 1 is 1.09 bits per heavy atom. The Balaban J connectivity index is 2.32. The molecule has 0 saturated carbocycles. The Hall–Kier alpha value is -2.37. The van der Waals surface area contributed by atoms with Crippen molar-refractivity contribution in [1.29, 1.82) is 0 Å². The first-order valence-corrected chi connectivity index (χ1v) is 7.27. The molecule has 0 bridgehead atoms. The third-order valence-corrected chi connectivity index (χ3v) is 3.14. The van der Waals surface area contributed by atoms with Gasteiger partial charge in [-0.25, -0.2) is 4.79 Å². The molecule has 0 aliphatic rings. The topological polar surface area (TPSA) is 95.5 Å². The Labute approximate surface area is 129 Å². The predicted molar refractivity (Wildman–Crippen MR) is 82.6 cm³/mol. The number of nitrogens with one attached hydrogen (secondary N) is 2. The Morgan fingerprint density at radius 3 is 2.36 bits per heavy atom. The number of carbonyl (C=O) groups excluding carboxylic acids is 2. The second-order valence-electron chi connectivity index (χ2n) is 5.26. The summed E-state index contributed by atoms with van der Waals surface area (Å²) in [5, 5.41) is 14.5. The van der Waals surface area contributed by atoms with Crippen LogP contribution in [-0.4, -0.2) is 36.0 Å². The van der Waals surface area contributed by atoms with Crippen LogP contribution in [0.15, 0.2) is 24.3 Å². The first-order chi connectivity index (χ1) is 10.4. The van der Waals surface area contributed by atoms with Crippen molar-refractivity contribution in [3.05, 3.63) is 35.4 Å². The first kappa shape index (κ1) is 17.7. The van der Waals surface area contributed by atoms with E-state index in [4.69, 9.17) is 5.11 Å². The van der Waals surface area contributed by atoms with Crippen LogP contribution in [0, 0.1) is 5.92 Å². The standard InChI is InChI=1S/C16H22N2O4/c1-11(2)15(20)18-10-9-17-14(19)8-7-12-5-3-4-6-13(12)16(21)22/h3-6,11H,7-10H2,1-2H3,(H,17,19)(H,18,20)(H,21,22). The summed E-state index contributed by atoms with van der Waals surface area (Å²) in [6.45, 7) is 4.34. The van der Waals surface area contributed by atoms with Crippen LogP contribution in [0.1, 0.15) is 36.2 Å². The number of aromatic carboxylic acids is 1. The molecule has 0 spiro atoms. The summed E-state index contributed by atoms with van der Waals surface area (Å²) >= 11 is 0. The molecule has 0 unspecified atom stereocenters. The van der Waals surface area contributed by atoms with E-state index in [0.29, 0.717) is 25.1 Å². The van der Waals surface area contributed by atoms with Gasteiger partial charge in [-0.05, 0) is 18.1 Å². The van der Waals surface area contributed by atoms with Crippen LogP contribution >= 0.6 is 0 Å². The largest absolute Gasteiger partial charge is 0.478 e. The number of benzene rings is 1. The maximum atomic E-state index is 11.7. The Kier molecular flexibility index (Phi) is 7.08. The van der Waals surface area contributed by atoms with Gasteiger partial charge in [0.25, 0.3) is 0 Å². The van der Waals surface area contributed by atoms with E-state index in [1.807, 2.05) is 0 Å². The van der Waals surface area contributed by atoms with E-state index in [0.717, 1.165) is 0 Å². The maximum absolute atomic E-state index is 11.7. The molecule has 6 heteroatoms. The van der Waals surface area contributed by atoms with Crippen molar-refractivity contribution in [3.8, 4) is 0 Å². The molecular formula is C16H22N2O4. The average Bonchev–Trinajstić information content (AvgIpc) is 2.49. The van der Waals surface area contributed by atoms with Crippen molar-refractivity contribution < 1.29 is 19.5 Å². The lowest BCUT2D eigenvalue weighted by molar-refractivity contribution is -0.124. The van der Waals surface area contributed by atoms with Crippen LogP contribution in [0.3, 0.4) is 0 Å². The highest BCUT2D eigenvalue weighted by Gasteiger charge is 2.10. The lowest BCUT2D eigenvalue weighted by Gasteiger charge is -2.09. The van der Waals surface area contributed by atoms with Crippen LogP contribution in [0.2, 0.25) is 0 Å². The van der Waals surface area contributed by atoms with Gasteiger partial charge in [0.15, 0.2) is 0 Å². The van der Waals surface area contributed by atoms with E-state index in [-0.39, 0.29) is 29.7 Å². The van der Waals surface area contributed by atoms with Crippen molar-refractivity contribution in [1.82, 2.24) is 10.6 Å². The van der Waals surface area contributed by atoms with Gasteiger partial charge in [-0.2, -0.15) is 0 Å². The van der Waals surface area contributed by atoms with Crippen molar-refractivity contribution in [2.75, 3.05) is 13.1 Å². The smallest absolute Gasteiger partial charge is 0.335 e. The molecule has 1 aromatic rings. The second kappa shape index (κ2) is 8.81. The fourth-order valence-electron chi connectivity index (χ4n) is 1.88. The van der Waals surface area contributed by atoms with Crippen LogP contribution in [0.4, 0.5) is 0 Å². The molecule has 6 nitrogen and oxygen atoms in total. The van der Waals surface area contributed by atoms with Gasteiger partial charge >= 0.3 is 5.97 Å². The van der Waals surface area contributed by atoms with E-state index in [9.17, 15) is 14.4 Å². The molecule has 0 aliphatic carbocycles. The van der Waals surface area contributed by atoms with Crippen LogP contribution in [0.5, 0.6) is 0 Å². The molecule has 0 heterocycles. The van der Waals surface area contributed by atoms with Gasteiger partial charge in [-0.1, -0.05) is 32.0 Å². The monoisotopic (exact) mass is 306 g/mol. The lowest BCUT2D eigenvalue weighted by atomic mass is 10.0. The Bertz CT molecular complexity index is 541. The van der Waals surface area contributed by atoms with Crippen molar-refractivity contribution in [2.24, 2.45) is 5.92 Å². The maximum Gasteiger partial charge on any atom is 0.335 e. The lowest BCUT2D eigenvalue weighted by Crippen LogP contribution is -2.36. The zero-order valence-corrected chi connectivity index (χ0v) is 12.9. The van der Waals surface area contributed by atoms with Gasteiger partial charge < -0.3 is 15.7 Å².